The van der Waals surface area contributed by atoms with Crippen molar-refractivity contribution in [2.24, 2.45) is 0 Å². The van der Waals surface area contributed by atoms with Crippen molar-refractivity contribution >= 4 is 11.4 Å². The predicted molar refractivity (Wildman–Crippen MR) is 65.6 cm³/mol. The van der Waals surface area contributed by atoms with Crippen molar-refractivity contribution in [3.05, 3.63) is 59.4 Å². The Labute approximate surface area is 94.9 Å². The van der Waals surface area contributed by atoms with Gasteiger partial charge in [-0.1, -0.05) is 6.07 Å². The summed E-state index contributed by atoms with van der Waals surface area (Å²) in [5, 5.41) is 3.23. The van der Waals surface area contributed by atoms with Gasteiger partial charge in [-0.3, -0.25) is 0 Å². The minimum Gasteiger partial charge on any atom is -0.356 e. The molecule has 0 saturated carbocycles. The monoisotopic (exact) mass is 215 g/mol. The van der Waals surface area contributed by atoms with E-state index in [1.807, 2.05) is 6.07 Å². The van der Waals surface area contributed by atoms with E-state index in [1.54, 1.807) is 12.1 Å². The molecule has 2 heteroatoms. The van der Waals surface area contributed by atoms with Crippen LogP contribution in [0.1, 0.15) is 11.1 Å². The van der Waals surface area contributed by atoms with Gasteiger partial charge in [0.05, 0.1) is 0 Å². The van der Waals surface area contributed by atoms with Gasteiger partial charge >= 0.3 is 0 Å². The first-order valence-corrected chi connectivity index (χ1v) is 5.25. The summed E-state index contributed by atoms with van der Waals surface area (Å²) in [4.78, 5) is 0. The smallest absolute Gasteiger partial charge is 0.123 e. The normalized spacial score (nSPS) is 10.2. The number of hydrogen-bond donors (Lipinski definition) is 1. The van der Waals surface area contributed by atoms with E-state index in [1.165, 1.54) is 23.3 Å². The molecule has 0 saturated heterocycles. The Bertz CT molecular complexity index is 489. The molecule has 1 nitrogen and oxygen atoms in total. The molecule has 1 N–H and O–H groups in total. The fourth-order valence-corrected chi connectivity index (χ4v) is 1.52. The van der Waals surface area contributed by atoms with Crippen molar-refractivity contribution in [2.45, 2.75) is 13.8 Å². The molecule has 16 heavy (non-hydrogen) atoms. The molecule has 0 aromatic heterocycles. The average Bonchev–Trinajstić information content (AvgIpc) is 2.27. The van der Waals surface area contributed by atoms with Crippen LogP contribution in [0.25, 0.3) is 0 Å². The standard InChI is InChI=1S/C14H14FN/c1-10-3-6-14(9-11(10)2)16-13-7-4-12(15)5-8-13/h3-9,16H,1-2H3. The molecule has 0 spiro atoms. The Balaban J connectivity index is 2.20. The summed E-state index contributed by atoms with van der Waals surface area (Å²) in [7, 11) is 0. The van der Waals surface area contributed by atoms with Crippen molar-refractivity contribution in [1.29, 1.82) is 0 Å². The Kier molecular flexibility index (Phi) is 2.91. The minimum atomic E-state index is -0.217. The second-order valence-electron chi connectivity index (χ2n) is 3.93. The highest BCUT2D eigenvalue weighted by Crippen LogP contribution is 2.19. The molecule has 2 aromatic carbocycles. The molecule has 0 atom stereocenters. The fourth-order valence-electron chi connectivity index (χ4n) is 1.52. The summed E-state index contributed by atoms with van der Waals surface area (Å²) in [6, 6.07) is 12.5. The van der Waals surface area contributed by atoms with Crippen LogP contribution in [-0.2, 0) is 0 Å². The number of nitrogens with one attached hydrogen (secondary N) is 1. The molecule has 0 aliphatic carbocycles. The summed E-state index contributed by atoms with van der Waals surface area (Å²) in [5.74, 6) is -0.217. The van der Waals surface area contributed by atoms with Crippen LogP contribution in [0.15, 0.2) is 42.5 Å². The zero-order valence-electron chi connectivity index (χ0n) is 9.42. The lowest BCUT2D eigenvalue weighted by Crippen LogP contribution is -1.91. The number of benzene rings is 2. The summed E-state index contributed by atoms with van der Waals surface area (Å²) in [6.45, 7) is 4.15. The van der Waals surface area contributed by atoms with Gasteiger partial charge in [-0.2, -0.15) is 0 Å². The highest BCUT2D eigenvalue weighted by atomic mass is 19.1. The van der Waals surface area contributed by atoms with Crippen molar-refractivity contribution in [3.63, 3.8) is 0 Å². The van der Waals surface area contributed by atoms with E-state index in [4.69, 9.17) is 0 Å². The molecule has 0 unspecified atom stereocenters. The van der Waals surface area contributed by atoms with E-state index in [0.29, 0.717) is 0 Å². The zero-order valence-corrected chi connectivity index (χ0v) is 9.42. The molecular formula is C14H14FN. The van der Waals surface area contributed by atoms with E-state index in [9.17, 15) is 4.39 Å². The number of halogens is 1. The lowest BCUT2D eigenvalue weighted by Gasteiger charge is -2.08. The number of aryl methyl sites for hydroxylation is 2. The second-order valence-corrected chi connectivity index (χ2v) is 3.93. The Morgan fingerprint density at radius 2 is 1.44 bits per heavy atom. The highest BCUT2D eigenvalue weighted by Gasteiger charge is 1.97. The summed E-state index contributed by atoms with van der Waals surface area (Å²) < 4.78 is 12.7. The minimum absolute atomic E-state index is 0.217. The molecule has 0 radical (unpaired) electrons. The van der Waals surface area contributed by atoms with E-state index in [-0.39, 0.29) is 5.82 Å². The van der Waals surface area contributed by atoms with E-state index < -0.39 is 0 Å². The lowest BCUT2D eigenvalue weighted by atomic mass is 10.1. The zero-order chi connectivity index (χ0) is 11.5. The number of hydrogen-bond acceptors (Lipinski definition) is 1. The van der Waals surface area contributed by atoms with Crippen molar-refractivity contribution < 1.29 is 4.39 Å². The Morgan fingerprint density at radius 1 is 0.812 bits per heavy atom. The van der Waals surface area contributed by atoms with E-state index >= 15 is 0 Å². The Morgan fingerprint density at radius 3 is 2.06 bits per heavy atom. The quantitative estimate of drug-likeness (QED) is 0.792. The predicted octanol–water partition coefficient (Wildman–Crippen LogP) is 4.19. The van der Waals surface area contributed by atoms with Crippen LogP contribution in [0.4, 0.5) is 15.8 Å². The third-order valence-corrected chi connectivity index (χ3v) is 2.64. The Hall–Kier alpha value is -1.83. The molecule has 0 amide bonds. The van der Waals surface area contributed by atoms with Gasteiger partial charge in [0.25, 0.3) is 0 Å². The molecular weight excluding hydrogens is 201 g/mol. The SMILES string of the molecule is Cc1ccc(Nc2ccc(F)cc2)cc1C. The maximum atomic E-state index is 12.7. The molecule has 0 fully saturated rings. The first kappa shape index (κ1) is 10.7. The topological polar surface area (TPSA) is 12.0 Å². The molecule has 0 aliphatic heterocycles. The second kappa shape index (κ2) is 4.35. The first-order valence-electron chi connectivity index (χ1n) is 5.25. The maximum absolute atomic E-state index is 12.7. The summed E-state index contributed by atoms with van der Waals surface area (Å²) in [5.41, 5.74) is 4.43. The number of anilines is 2. The van der Waals surface area contributed by atoms with Crippen LogP contribution in [0, 0.1) is 19.7 Å². The molecule has 0 heterocycles. The van der Waals surface area contributed by atoms with Gasteiger partial charge in [-0.05, 0) is 61.4 Å². The third-order valence-electron chi connectivity index (χ3n) is 2.64. The van der Waals surface area contributed by atoms with Gasteiger partial charge in [0.2, 0.25) is 0 Å². The molecule has 2 aromatic rings. The van der Waals surface area contributed by atoms with Gasteiger partial charge in [0.1, 0.15) is 5.82 Å². The van der Waals surface area contributed by atoms with Gasteiger partial charge < -0.3 is 5.32 Å². The number of rotatable bonds is 2. The molecule has 2 rings (SSSR count). The fraction of sp³-hybridized carbons (Fsp3) is 0.143. The third kappa shape index (κ3) is 2.40. The first-order chi connectivity index (χ1) is 7.65. The molecule has 0 aliphatic rings. The highest BCUT2D eigenvalue weighted by molar-refractivity contribution is 5.60. The van der Waals surface area contributed by atoms with Crippen LogP contribution in [0.3, 0.4) is 0 Å². The van der Waals surface area contributed by atoms with Crippen molar-refractivity contribution in [2.75, 3.05) is 5.32 Å². The van der Waals surface area contributed by atoms with Crippen molar-refractivity contribution in [3.8, 4) is 0 Å². The van der Waals surface area contributed by atoms with Gasteiger partial charge in [0, 0.05) is 11.4 Å². The van der Waals surface area contributed by atoms with Crippen molar-refractivity contribution in [1.82, 2.24) is 0 Å². The molecule has 82 valence electrons. The largest absolute Gasteiger partial charge is 0.356 e. The van der Waals surface area contributed by atoms with Gasteiger partial charge in [-0.25, -0.2) is 4.39 Å². The summed E-state index contributed by atoms with van der Waals surface area (Å²) >= 11 is 0. The van der Waals surface area contributed by atoms with Crippen LogP contribution in [0.5, 0.6) is 0 Å². The van der Waals surface area contributed by atoms with Crippen LogP contribution < -0.4 is 5.32 Å². The van der Waals surface area contributed by atoms with E-state index in [2.05, 4.69) is 31.3 Å². The summed E-state index contributed by atoms with van der Waals surface area (Å²) in [6.07, 6.45) is 0. The maximum Gasteiger partial charge on any atom is 0.123 e. The van der Waals surface area contributed by atoms with Crippen LogP contribution in [-0.4, -0.2) is 0 Å². The lowest BCUT2D eigenvalue weighted by molar-refractivity contribution is 0.628. The van der Waals surface area contributed by atoms with Gasteiger partial charge in [-0.15, -0.1) is 0 Å². The molecule has 0 bridgehead atoms. The average molecular weight is 215 g/mol. The van der Waals surface area contributed by atoms with E-state index in [0.717, 1.165) is 11.4 Å². The van der Waals surface area contributed by atoms with Crippen LogP contribution >= 0.6 is 0 Å². The van der Waals surface area contributed by atoms with Gasteiger partial charge in [0.15, 0.2) is 0 Å². The van der Waals surface area contributed by atoms with Crippen LogP contribution in [0.2, 0.25) is 0 Å².